The van der Waals surface area contributed by atoms with E-state index in [1.54, 1.807) is 7.11 Å². The molecular weight excluding hydrogens is 236 g/mol. The van der Waals surface area contributed by atoms with E-state index in [-0.39, 0.29) is 0 Å². The molecular formula is C16H34N2O. The Labute approximate surface area is 120 Å². The monoisotopic (exact) mass is 270 g/mol. The van der Waals surface area contributed by atoms with Crippen LogP contribution in [0.1, 0.15) is 52.9 Å². The first-order valence-electron chi connectivity index (χ1n) is 8.13. The van der Waals surface area contributed by atoms with E-state index >= 15 is 0 Å². The molecule has 0 spiro atoms. The number of rotatable bonds is 9. The second-order valence-corrected chi connectivity index (χ2v) is 6.21. The van der Waals surface area contributed by atoms with E-state index in [0.29, 0.717) is 6.04 Å². The van der Waals surface area contributed by atoms with Crippen LogP contribution in [0.25, 0.3) is 0 Å². The van der Waals surface area contributed by atoms with Crippen LogP contribution in [0.15, 0.2) is 0 Å². The third-order valence-corrected chi connectivity index (χ3v) is 4.57. The lowest BCUT2D eigenvalue weighted by Gasteiger charge is -2.31. The Bertz CT molecular complexity index is 223. The maximum absolute atomic E-state index is 5.22. The summed E-state index contributed by atoms with van der Waals surface area (Å²) in [4.78, 5) is 2.54. The van der Waals surface area contributed by atoms with E-state index in [2.05, 4.69) is 31.0 Å². The van der Waals surface area contributed by atoms with Gasteiger partial charge in [0.1, 0.15) is 0 Å². The zero-order chi connectivity index (χ0) is 14.1. The smallest absolute Gasteiger partial charge is 0.0589 e. The van der Waals surface area contributed by atoms with Gasteiger partial charge >= 0.3 is 0 Å². The van der Waals surface area contributed by atoms with Crippen molar-refractivity contribution in [2.45, 2.75) is 65.0 Å². The lowest BCUT2D eigenvalue weighted by molar-refractivity contribution is 0.122. The van der Waals surface area contributed by atoms with Gasteiger partial charge in [-0.15, -0.1) is 0 Å². The van der Waals surface area contributed by atoms with Crippen LogP contribution in [0.5, 0.6) is 0 Å². The van der Waals surface area contributed by atoms with E-state index in [4.69, 9.17) is 4.74 Å². The highest BCUT2D eigenvalue weighted by atomic mass is 16.5. The molecule has 0 radical (unpaired) electrons. The summed E-state index contributed by atoms with van der Waals surface area (Å²) >= 11 is 0. The van der Waals surface area contributed by atoms with Gasteiger partial charge in [0.25, 0.3) is 0 Å². The van der Waals surface area contributed by atoms with E-state index < -0.39 is 0 Å². The number of hydrogen-bond acceptors (Lipinski definition) is 3. The van der Waals surface area contributed by atoms with E-state index in [1.165, 1.54) is 32.1 Å². The molecule has 0 aromatic carbocycles. The molecule has 0 amide bonds. The van der Waals surface area contributed by atoms with Crippen molar-refractivity contribution in [1.82, 2.24) is 10.2 Å². The van der Waals surface area contributed by atoms with Crippen molar-refractivity contribution >= 4 is 0 Å². The second kappa shape index (κ2) is 9.73. The molecule has 1 saturated carbocycles. The average molecular weight is 270 g/mol. The summed E-state index contributed by atoms with van der Waals surface area (Å²) in [5.41, 5.74) is 0. The Hall–Kier alpha value is -0.120. The minimum Gasteiger partial charge on any atom is -0.383 e. The molecule has 1 N–H and O–H groups in total. The van der Waals surface area contributed by atoms with Crippen molar-refractivity contribution in [3.8, 4) is 0 Å². The summed E-state index contributed by atoms with van der Waals surface area (Å²) in [6.45, 7) is 11.1. The molecule has 114 valence electrons. The fourth-order valence-corrected chi connectivity index (χ4v) is 3.05. The third-order valence-electron chi connectivity index (χ3n) is 4.57. The molecule has 3 nitrogen and oxygen atoms in total. The minimum atomic E-state index is 0.655. The Kier molecular flexibility index (Phi) is 8.67. The number of nitrogens with zero attached hydrogens (tertiary/aromatic N) is 1. The molecule has 1 aliphatic carbocycles. The fourth-order valence-electron chi connectivity index (χ4n) is 3.05. The zero-order valence-corrected chi connectivity index (χ0v) is 13.5. The van der Waals surface area contributed by atoms with Crippen molar-refractivity contribution < 1.29 is 4.74 Å². The topological polar surface area (TPSA) is 24.5 Å². The SMILES string of the molecule is CCC(C)N(CCNC1CCCC(C)C1)CCOC. The largest absolute Gasteiger partial charge is 0.383 e. The van der Waals surface area contributed by atoms with E-state index in [0.717, 1.165) is 38.2 Å². The van der Waals surface area contributed by atoms with Crippen molar-refractivity contribution in [2.24, 2.45) is 5.92 Å². The van der Waals surface area contributed by atoms with Crippen LogP contribution < -0.4 is 5.32 Å². The van der Waals surface area contributed by atoms with Gasteiger partial charge in [-0.2, -0.15) is 0 Å². The van der Waals surface area contributed by atoms with Gasteiger partial charge < -0.3 is 10.1 Å². The van der Waals surface area contributed by atoms with E-state index in [9.17, 15) is 0 Å². The third kappa shape index (κ3) is 6.73. The van der Waals surface area contributed by atoms with Gasteiger partial charge in [-0.25, -0.2) is 0 Å². The van der Waals surface area contributed by atoms with Gasteiger partial charge in [-0.1, -0.05) is 26.7 Å². The summed E-state index contributed by atoms with van der Waals surface area (Å²) in [6, 6.07) is 1.41. The molecule has 19 heavy (non-hydrogen) atoms. The lowest BCUT2D eigenvalue weighted by Crippen LogP contribution is -2.43. The highest BCUT2D eigenvalue weighted by molar-refractivity contribution is 4.77. The second-order valence-electron chi connectivity index (χ2n) is 6.21. The number of nitrogens with one attached hydrogen (secondary N) is 1. The van der Waals surface area contributed by atoms with Crippen LogP contribution in [-0.2, 0) is 4.74 Å². The van der Waals surface area contributed by atoms with Crippen LogP contribution >= 0.6 is 0 Å². The Morgan fingerprint density at radius 2 is 2.11 bits per heavy atom. The number of methoxy groups -OCH3 is 1. The quantitative estimate of drug-likeness (QED) is 0.697. The van der Waals surface area contributed by atoms with Crippen LogP contribution in [0, 0.1) is 5.92 Å². The molecule has 1 aliphatic rings. The van der Waals surface area contributed by atoms with Gasteiger partial charge in [0.05, 0.1) is 6.61 Å². The summed E-state index contributed by atoms with van der Waals surface area (Å²) < 4.78 is 5.22. The minimum absolute atomic E-state index is 0.655. The molecule has 0 aromatic rings. The van der Waals surface area contributed by atoms with E-state index in [1.807, 2.05) is 0 Å². The highest BCUT2D eigenvalue weighted by Gasteiger charge is 2.18. The normalized spacial score (nSPS) is 25.7. The summed E-state index contributed by atoms with van der Waals surface area (Å²) in [5.74, 6) is 0.908. The molecule has 0 aromatic heterocycles. The van der Waals surface area contributed by atoms with Gasteiger partial charge in [-0.3, -0.25) is 4.90 Å². The van der Waals surface area contributed by atoms with Gasteiger partial charge in [0.15, 0.2) is 0 Å². The first-order valence-corrected chi connectivity index (χ1v) is 8.13. The first kappa shape index (κ1) is 16.9. The zero-order valence-electron chi connectivity index (χ0n) is 13.5. The van der Waals surface area contributed by atoms with Gasteiger partial charge in [-0.05, 0) is 32.1 Å². The molecule has 0 saturated heterocycles. The average Bonchev–Trinajstić information content (AvgIpc) is 2.42. The van der Waals surface area contributed by atoms with Gasteiger partial charge in [0, 0.05) is 38.8 Å². The number of hydrogen-bond donors (Lipinski definition) is 1. The standard InChI is InChI=1S/C16H34N2O/c1-5-15(3)18(11-12-19-4)10-9-17-16-8-6-7-14(2)13-16/h14-17H,5-13H2,1-4H3. The number of ether oxygens (including phenoxy) is 1. The van der Waals surface area contributed by atoms with Crippen LogP contribution in [-0.4, -0.2) is 50.3 Å². The maximum Gasteiger partial charge on any atom is 0.0589 e. The van der Waals surface area contributed by atoms with Crippen molar-refractivity contribution in [3.05, 3.63) is 0 Å². The lowest BCUT2D eigenvalue weighted by atomic mass is 9.87. The highest BCUT2D eigenvalue weighted by Crippen LogP contribution is 2.23. The molecule has 3 atom stereocenters. The van der Waals surface area contributed by atoms with Crippen LogP contribution in [0.2, 0.25) is 0 Å². The van der Waals surface area contributed by atoms with Crippen molar-refractivity contribution in [2.75, 3.05) is 33.4 Å². The summed E-state index contributed by atoms with van der Waals surface area (Å²) in [5, 5.41) is 3.76. The molecule has 0 aliphatic heterocycles. The molecule has 3 unspecified atom stereocenters. The van der Waals surface area contributed by atoms with Crippen LogP contribution in [0.4, 0.5) is 0 Å². The first-order chi connectivity index (χ1) is 9.17. The molecule has 0 bridgehead atoms. The maximum atomic E-state index is 5.22. The molecule has 3 heteroatoms. The Balaban J connectivity index is 2.22. The summed E-state index contributed by atoms with van der Waals surface area (Å²) in [6.07, 6.45) is 6.76. The van der Waals surface area contributed by atoms with Crippen molar-refractivity contribution in [3.63, 3.8) is 0 Å². The molecule has 0 heterocycles. The van der Waals surface area contributed by atoms with Crippen LogP contribution in [0.3, 0.4) is 0 Å². The summed E-state index contributed by atoms with van der Waals surface area (Å²) in [7, 11) is 1.79. The predicted molar refractivity (Wildman–Crippen MR) is 82.6 cm³/mol. The van der Waals surface area contributed by atoms with Gasteiger partial charge in [0.2, 0.25) is 0 Å². The van der Waals surface area contributed by atoms with Crippen molar-refractivity contribution in [1.29, 1.82) is 0 Å². The fraction of sp³-hybridized carbons (Fsp3) is 1.00. The Morgan fingerprint density at radius 1 is 1.32 bits per heavy atom. The molecule has 1 rings (SSSR count). The molecule has 1 fully saturated rings. The predicted octanol–water partition coefficient (Wildman–Crippen LogP) is 2.90. The Morgan fingerprint density at radius 3 is 2.74 bits per heavy atom.